The predicted molar refractivity (Wildman–Crippen MR) is 115 cm³/mol. The molecule has 1 unspecified atom stereocenters. The fraction of sp³-hybridized carbons (Fsp3) is 0.476. The largest absolute Gasteiger partial charge is 0.507 e. The summed E-state index contributed by atoms with van der Waals surface area (Å²) in [7, 11) is 1.90. The number of benzene rings is 1. The van der Waals surface area contributed by atoms with Crippen LogP contribution in [-0.4, -0.2) is 56.8 Å². The molecule has 3 aliphatic rings. The molecule has 9 heteroatoms. The van der Waals surface area contributed by atoms with Gasteiger partial charge < -0.3 is 15.3 Å². The summed E-state index contributed by atoms with van der Waals surface area (Å²) in [6.07, 6.45) is 4.30. The number of hydrogen-bond donors (Lipinski definition) is 3. The van der Waals surface area contributed by atoms with Crippen LogP contribution in [0.4, 0.5) is 9.52 Å². The van der Waals surface area contributed by atoms with E-state index >= 15 is 4.39 Å². The molecule has 0 radical (unpaired) electrons. The minimum absolute atomic E-state index is 0.128. The Balaban J connectivity index is 1.43. The number of alkyl halides is 1. The summed E-state index contributed by atoms with van der Waals surface area (Å²) in [5.41, 5.74) is 1.71. The molecule has 3 fully saturated rings. The van der Waals surface area contributed by atoms with Crippen LogP contribution < -0.4 is 10.2 Å². The normalized spacial score (nSPS) is 30.5. The van der Waals surface area contributed by atoms with Gasteiger partial charge in [0.1, 0.15) is 11.9 Å². The SMILES string of the molecule is CN(c1nnc(-c2ccc(-c3cn[nH]c3)cc2O)s1)[C@@H]1C(F)[C@]2(C)CC[C@@]1(C)CN2. The first-order valence-corrected chi connectivity index (χ1v) is 10.9. The summed E-state index contributed by atoms with van der Waals surface area (Å²) in [4.78, 5) is 1.95. The molecule has 0 amide bonds. The number of rotatable bonds is 4. The smallest absolute Gasteiger partial charge is 0.208 e. The monoisotopic (exact) mass is 428 g/mol. The van der Waals surface area contributed by atoms with Crippen LogP contribution >= 0.6 is 11.3 Å². The second-order valence-electron chi connectivity index (χ2n) is 8.99. The molecule has 4 atom stereocenters. The third kappa shape index (κ3) is 2.91. The van der Waals surface area contributed by atoms with Crippen molar-refractivity contribution < 1.29 is 9.50 Å². The summed E-state index contributed by atoms with van der Waals surface area (Å²) >= 11 is 1.37. The number of hydrogen-bond acceptors (Lipinski definition) is 7. The Hall–Kier alpha value is -2.52. The number of anilines is 1. The number of aromatic hydroxyl groups is 1. The van der Waals surface area contributed by atoms with Crippen LogP contribution in [-0.2, 0) is 0 Å². The van der Waals surface area contributed by atoms with Gasteiger partial charge in [-0.25, -0.2) is 4.39 Å². The van der Waals surface area contributed by atoms with Crippen molar-refractivity contribution in [2.45, 2.75) is 44.4 Å². The lowest BCUT2D eigenvalue weighted by atomic mass is 9.60. The van der Waals surface area contributed by atoms with Crippen molar-refractivity contribution in [2.75, 3.05) is 18.5 Å². The van der Waals surface area contributed by atoms with Crippen molar-refractivity contribution >= 4 is 16.5 Å². The van der Waals surface area contributed by atoms with Gasteiger partial charge in [0.15, 0.2) is 5.01 Å². The molecule has 3 aromatic rings. The van der Waals surface area contributed by atoms with Crippen molar-refractivity contribution in [3.05, 3.63) is 30.6 Å². The van der Waals surface area contributed by atoms with Gasteiger partial charge in [-0.1, -0.05) is 24.3 Å². The highest BCUT2D eigenvalue weighted by atomic mass is 32.1. The fourth-order valence-electron chi connectivity index (χ4n) is 4.87. The first-order chi connectivity index (χ1) is 14.3. The van der Waals surface area contributed by atoms with Crippen molar-refractivity contribution in [1.82, 2.24) is 25.7 Å². The van der Waals surface area contributed by atoms with Gasteiger partial charge in [0, 0.05) is 36.3 Å². The maximum Gasteiger partial charge on any atom is 0.208 e. The van der Waals surface area contributed by atoms with E-state index in [0.717, 1.165) is 30.5 Å². The average molecular weight is 429 g/mol. The summed E-state index contributed by atoms with van der Waals surface area (Å²) in [5.74, 6) is 0.128. The Kier molecular flexibility index (Phi) is 4.37. The lowest BCUT2D eigenvalue weighted by Crippen LogP contribution is -2.74. The van der Waals surface area contributed by atoms with Crippen molar-refractivity contribution in [1.29, 1.82) is 0 Å². The third-order valence-corrected chi connectivity index (χ3v) is 7.95. The molecule has 2 aromatic heterocycles. The second-order valence-corrected chi connectivity index (χ2v) is 9.95. The van der Waals surface area contributed by atoms with Crippen LogP contribution in [0.15, 0.2) is 30.6 Å². The number of fused-ring (bicyclic) bond motifs is 3. The molecular formula is C21H25FN6OS. The van der Waals surface area contributed by atoms with Crippen LogP contribution in [0.25, 0.3) is 21.7 Å². The van der Waals surface area contributed by atoms with E-state index in [1.54, 1.807) is 18.5 Å². The van der Waals surface area contributed by atoms with Crippen molar-refractivity contribution in [2.24, 2.45) is 5.41 Å². The molecule has 30 heavy (non-hydrogen) atoms. The highest BCUT2D eigenvalue weighted by Gasteiger charge is 2.58. The number of halogens is 1. The molecule has 2 aliphatic heterocycles. The van der Waals surface area contributed by atoms with Gasteiger partial charge in [-0.3, -0.25) is 5.10 Å². The Bertz CT molecular complexity index is 1060. The van der Waals surface area contributed by atoms with Gasteiger partial charge in [0.2, 0.25) is 5.13 Å². The molecule has 6 rings (SSSR count). The summed E-state index contributed by atoms with van der Waals surface area (Å²) < 4.78 is 15.5. The lowest BCUT2D eigenvalue weighted by Gasteiger charge is -2.59. The second kappa shape index (κ2) is 6.75. The molecule has 158 valence electrons. The van der Waals surface area contributed by atoms with Crippen LogP contribution in [0.5, 0.6) is 5.75 Å². The van der Waals surface area contributed by atoms with Crippen molar-refractivity contribution in [3.63, 3.8) is 0 Å². The van der Waals surface area contributed by atoms with Gasteiger partial charge >= 0.3 is 0 Å². The zero-order chi connectivity index (χ0) is 21.1. The Morgan fingerprint density at radius 1 is 1.23 bits per heavy atom. The standard InChI is InChI=1S/C21H25FN6OS/c1-20-6-7-21(2,23-11-20)16(22)17(20)28(3)19-27-26-18(30-19)14-5-4-12(8-15(14)29)13-9-24-25-10-13/h4-5,8-10,16-17,23,29H,6-7,11H2,1-3H3,(H,24,25)/t16?,17-,20+,21+/m1/s1. The Labute approximate surface area is 178 Å². The van der Waals surface area contributed by atoms with E-state index in [-0.39, 0.29) is 17.2 Å². The molecular weight excluding hydrogens is 403 g/mol. The first kappa shape index (κ1) is 19.4. The van der Waals surface area contributed by atoms with Gasteiger partial charge in [0.25, 0.3) is 0 Å². The van der Waals surface area contributed by atoms with Gasteiger partial charge in [-0.05, 0) is 37.5 Å². The number of aromatic nitrogens is 4. The number of aromatic amines is 1. The first-order valence-electron chi connectivity index (χ1n) is 10.1. The summed E-state index contributed by atoms with van der Waals surface area (Å²) in [6, 6.07) is 5.16. The summed E-state index contributed by atoms with van der Waals surface area (Å²) in [6.45, 7) is 4.91. The zero-order valence-corrected chi connectivity index (χ0v) is 18.0. The number of phenols is 1. The lowest BCUT2D eigenvalue weighted by molar-refractivity contribution is -0.0409. The van der Waals surface area contributed by atoms with Crippen LogP contribution in [0, 0.1) is 5.41 Å². The van der Waals surface area contributed by atoms with E-state index in [4.69, 9.17) is 0 Å². The number of H-pyrrole nitrogens is 1. The minimum atomic E-state index is -0.995. The molecule has 1 aromatic carbocycles. The Morgan fingerprint density at radius 2 is 2.07 bits per heavy atom. The maximum atomic E-state index is 15.5. The number of nitrogens with one attached hydrogen (secondary N) is 2. The highest BCUT2D eigenvalue weighted by Crippen LogP contribution is 2.50. The van der Waals surface area contributed by atoms with Crippen LogP contribution in [0.1, 0.15) is 26.7 Å². The van der Waals surface area contributed by atoms with Crippen LogP contribution in [0.3, 0.4) is 0 Å². The number of nitrogens with zero attached hydrogens (tertiary/aromatic N) is 4. The fourth-order valence-corrected chi connectivity index (χ4v) is 5.74. The van der Waals surface area contributed by atoms with Gasteiger partial charge in [0.05, 0.1) is 17.8 Å². The van der Waals surface area contributed by atoms with Gasteiger partial charge in [-0.15, -0.1) is 10.2 Å². The molecule has 2 bridgehead atoms. The number of piperidine rings is 2. The molecule has 7 nitrogen and oxygen atoms in total. The maximum absolute atomic E-state index is 15.5. The highest BCUT2D eigenvalue weighted by molar-refractivity contribution is 7.18. The van der Waals surface area contributed by atoms with E-state index < -0.39 is 11.7 Å². The van der Waals surface area contributed by atoms with E-state index in [2.05, 4.69) is 32.6 Å². The molecule has 3 N–H and O–H groups in total. The minimum Gasteiger partial charge on any atom is -0.507 e. The van der Waals surface area contributed by atoms with E-state index in [1.165, 1.54) is 11.3 Å². The van der Waals surface area contributed by atoms with Crippen LogP contribution in [0.2, 0.25) is 0 Å². The molecule has 1 saturated carbocycles. The molecule has 4 heterocycles. The average Bonchev–Trinajstić information content (AvgIpc) is 3.42. The van der Waals surface area contributed by atoms with Crippen molar-refractivity contribution in [3.8, 4) is 27.4 Å². The summed E-state index contributed by atoms with van der Waals surface area (Å²) in [5, 5.41) is 30.6. The molecule has 1 aliphatic carbocycles. The Morgan fingerprint density at radius 3 is 2.73 bits per heavy atom. The predicted octanol–water partition coefficient (Wildman–Crippen LogP) is 3.61. The quantitative estimate of drug-likeness (QED) is 0.588. The van der Waals surface area contributed by atoms with E-state index in [0.29, 0.717) is 15.7 Å². The zero-order valence-electron chi connectivity index (χ0n) is 17.2. The molecule has 2 saturated heterocycles. The number of phenolic OH excluding ortho intramolecular Hbond substituents is 1. The third-order valence-electron chi connectivity index (χ3n) is 6.90. The van der Waals surface area contributed by atoms with E-state index in [9.17, 15) is 5.11 Å². The van der Waals surface area contributed by atoms with Gasteiger partial charge in [-0.2, -0.15) is 5.10 Å². The van der Waals surface area contributed by atoms with E-state index in [1.807, 2.05) is 31.0 Å². The molecule has 0 spiro atoms. The topological polar surface area (TPSA) is 90.0 Å².